The highest BCUT2D eigenvalue weighted by Gasteiger charge is 2.28. The Hall–Kier alpha value is -0.730. The molecule has 0 saturated heterocycles. The second kappa shape index (κ2) is 3.99. The third-order valence-electron chi connectivity index (χ3n) is 1.36. The lowest BCUT2D eigenvalue weighted by Gasteiger charge is -2.32. The van der Waals surface area contributed by atoms with Crippen molar-refractivity contribution in [1.82, 2.24) is 0 Å². The van der Waals surface area contributed by atoms with E-state index in [2.05, 4.69) is 10.0 Å². The fourth-order valence-corrected chi connectivity index (χ4v) is 0.755. The Morgan fingerprint density at radius 2 is 1.62 bits per heavy atom. The van der Waals surface area contributed by atoms with E-state index in [4.69, 9.17) is 10.3 Å². The van der Waals surface area contributed by atoms with E-state index in [0.717, 1.165) is 0 Å². The average Bonchev–Trinajstić information content (AvgIpc) is 1.81. The number of hydrogen-bond donors (Lipinski definition) is 0. The van der Waals surface area contributed by atoms with E-state index in [1.165, 1.54) is 0 Å². The van der Waals surface area contributed by atoms with E-state index >= 15 is 0 Å². The number of nitrogens with zero attached hydrogens (tertiary/aromatic N) is 3. The summed E-state index contributed by atoms with van der Waals surface area (Å²) in [6.45, 7) is 11.8. The van der Waals surface area contributed by atoms with Crippen molar-refractivity contribution in [3.8, 4) is 0 Å². The van der Waals surface area contributed by atoms with Gasteiger partial charge in [-0.25, -0.2) is 0 Å². The van der Waals surface area contributed by atoms with Crippen LogP contribution in [0.2, 0.25) is 0 Å². The summed E-state index contributed by atoms with van der Waals surface area (Å²) >= 11 is 0. The summed E-state index contributed by atoms with van der Waals surface area (Å²) in [4.78, 5) is 2.79. The maximum Gasteiger partial charge on any atom is 0.142 e. The molecule has 4 nitrogen and oxygen atoms in total. The highest BCUT2D eigenvalue weighted by atomic mass is 16.5. The normalized spacial score (nSPS) is 14.9. The smallest absolute Gasteiger partial charge is 0.142 e. The molecule has 0 aromatic carbocycles. The van der Waals surface area contributed by atoms with Crippen LogP contribution < -0.4 is 0 Å². The first-order valence-electron chi connectivity index (χ1n) is 4.39. The van der Waals surface area contributed by atoms with Crippen molar-refractivity contribution >= 4 is 0 Å². The van der Waals surface area contributed by atoms with Gasteiger partial charge in [-0.2, -0.15) is 0 Å². The molecule has 13 heavy (non-hydrogen) atoms. The molecule has 0 aliphatic heterocycles. The molecule has 1 atom stereocenters. The van der Waals surface area contributed by atoms with Gasteiger partial charge in [-0.15, -0.1) is 0 Å². The summed E-state index contributed by atoms with van der Waals surface area (Å²) in [5.74, 6) is 0. The third kappa shape index (κ3) is 5.50. The van der Waals surface area contributed by atoms with Crippen molar-refractivity contribution in [1.29, 1.82) is 0 Å². The van der Waals surface area contributed by atoms with E-state index in [1.54, 1.807) is 0 Å². The molecule has 0 aliphatic rings. The number of rotatable bonds is 2. The van der Waals surface area contributed by atoms with Gasteiger partial charge in [0, 0.05) is 4.91 Å². The van der Waals surface area contributed by atoms with Gasteiger partial charge in [0.15, 0.2) is 0 Å². The zero-order valence-corrected chi connectivity index (χ0v) is 9.33. The molecule has 76 valence electrons. The molecule has 0 radical (unpaired) electrons. The van der Waals surface area contributed by atoms with Gasteiger partial charge in [0.05, 0.1) is 5.60 Å². The van der Waals surface area contributed by atoms with Crippen LogP contribution in [0.1, 0.15) is 41.5 Å². The Labute approximate surface area is 79.9 Å². The lowest BCUT2D eigenvalue weighted by molar-refractivity contribution is -0.101. The van der Waals surface area contributed by atoms with Gasteiger partial charge in [0.1, 0.15) is 6.23 Å². The predicted molar refractivity (Wildman–Crippen MR) is 53.2 cm³/mol. The summed E-state index contributed by atoms with van der Waals surface area (Å²) < 4.78 is 5.62. The van der Waals surface area contributed by atoms with Crippen molar-refractivity contribution < 1.29 is 4.74 Å². The van der Waals surface area contributed by atoms with E-state index in [9.17, 15) is 0 Å². The Bertz CT molecular complexity index is 206. The predicted octanol–water partition coefficient (Wildman–Crippen LogP) is 3.48. The molecule has 0 aromatic rings. The van der Waals surface area contributed by atoms with Gasteiger partial charge < -0.3 is 4.74 Å². The monoisotopic (exact) mass is 185 g/mol. The largest absolute Gasteiger partial charge is 0.366 e. The average molecular weight is 185 g/mol. The van der Waals surface area contributed by atoms with Crippen LogP contribution in [-0.2, 0) is 4.74 Å². The first-order chi connectivity index (χ1) is 5.67. The topological polar surface area (TPSA) is 58.0 Å². The van der Waals surface area contributed by atoms with Gasteiger partial charge in [0.25, 0.3) is 0 Å². The zero-order valence-electron chi connectivity index (χ0n) is 9.33. The summed E-state index contributed by atoms with van der Waals surface area (Å²) in [5, 5.41) is 3.64. The molecule has 0 amide bonds. The maximum atomic E-state index is 8.38. The van der Waals surface area contributed by atoms with Gasteiger partial charge >= 0.3 is 0 Å². The van der Waals surface area contributed by atoms with Crippen molar-refractivity contribution in [2.24, 2.45) is 10.5 Å². The van der Waals surface area contributed by atoms with Crippen LogP contribution in [0.4, 0.5) is 0 Å². The van der Waals surface area contributed by atoms with Crippen LogP contribution in [0.25, 0.3) is 10.4 Å². The molecule has 0 saturated carbocycles. The number of hydrogen-bond acceptors (Lipinski definition) is 2. The molecule has 0 heterocycles. The zero-order chi connectivity index (χ0) is 10.7. The van der Waals surface area contributed by atoms with Gasteiger partial charge in [-0.1, -0.05) is 25.9 Å². The highest BCUT2D eigenvalue weighted by molar-refractivity contribution is 4.76. The minimum absolute atomic E-state index is 0.167. The Kier molecular flexibility index (Phi) is 3.76. The quantitative estimate of drug-likeness (QED) is 0.369. The molecule has 0 bridgehead atoms. The molecule has 4 heteroatoms. The molecular weight excluding hydrogens is 166 g/mol. The second-order valence-corrected chi connectivity index (χ2v) is 5.15. The summed E-state index contributed by atoms with van der Waals surface area (Å²) in [6.07, 6.45) is -0.419. The van der Waals surface area contributed by atoms with E-state index in [0.29, 0.717) is 0 Å². The Balaban J connectivity index is 4.55. The molecule has 0 spiro atoms. The van der Waals surface area contributed by atoms with E-state index in [1.807, 2.05) is 41.5 Å². The van der Waals surface area contributed by atoms with Gasteiger partial charge in [-0.3, -0.25) is 0 Å². The van der Waals surface area contributed by atoms with Gasteiger partial charge in [-0.05, 0) is 31.7 Å². The van der Waals surface area contributed by atoms with Crippen LogP contribution in [-0.4, -0.2) is 11.8 Å². The fourth-order valence-electron chi connectivity index (χ4n) is 0.755. The third-order valence-corrected chi connectivity index (χ3v) is 1.36. The number of azide groups is 1. The maximum absolute atomic E-state index is 8.38. The molecule has 1 unspecified atom stereocenters. The van der Waals surface area contributed by atoms with Crippen LogP contribution in [0.15, 0.2) is 5.11 Å². The van der Waals surface area contributed by atoms with Crippen LogP contribution in [0, 0.1) is 5.41 Å². The van der Waals surface area contributed by atoms with Crippen molar-refractivity contribution in [3.63, 3.8) is 0 Å². The van der Waals surface area contributed by atoms with E-state index in [-0.39, 0.29) is 11.0 Å². The lowest BCUT2D eigenvalue weighted by atomic mass is 9.94. The molecular formula is C9H19N3O. The first-order valence-corrected chi connectivity index (χ1v) is 4.39. The fraction of sp³-hybridized carbons (Fsp3) is 1.00. The SMILES string of the molecule is CC(C)(C)OC(N=[N+]=[N-])C(C)(C)C. The van der Waals surface area contributed by atoms with Crippen molar-refractivity contribution in [3.05, 3.63) is 10.4 Å². The highest BCUT2D eigenvalue weighted by Crippen LogP contribution is 2.27. The summed E-state index contributed by atoms with van der Waals surface area (Å²) in [7, 11) is 0. The molecule has 0 rings (SSSR count). The van der Waals surface area contributed by atoms with Crippen LogP contribution >= 0.6 is 0 Å². The number of ether oxygens (including phenoxy) is 1. The van der Waals surface area contributed by atoms with Crippen LogP contribution in [0.5, 0.6) is 0 Å². The molecule has 0 fully saturated rings. The lowest BCUT2D eigenvalue weighted by Crippen LogP contribution is -2.34. The molecule has 0 aromatic heterocycles. The molecule has 0 N–H and O–H groups in total. The van der Waals surface area contributed by atoms with E-state index < -0.39 is 6.23 Å². The minimum atomic E-state index is -0.419. The standard InChI is InChI=1S/C9H19N3O/c1-8(2,3)7(11-12-10)13-9(4,5)6/h7H,1-6H3. The Morgan fingerprint density at radius 3 is 1.85 bits per heavy atom. The first kappa shape index (κ1) is 12.3. The van der Waals surface area contributed by atoms with Gasteiger partial charge in [0.2, 0.25) is 0 Å². The van der Waals surface area contributed by atoms with Crippen molar-refractivity contribution in [2.75, 3.05) is 0 Å². The second-order valence-electron chi connectivity index (χ2n) is 5.15. The van der Waals surface area contributed by atoms with Crippen LogP contribution in [0.3, 0.4) is 0 Å². The summed E-state index contributed by atoms with van der Waals surface area (Å²) in [5.41, 5.74) is 7.92. The molecule has 0 aliphatic carbocycles. The summed E-state index contributed by atoms with van der Waals surface area (Å²) in [6, 6.07) is 0. The Morgan fingerprint density at radius 1 is 1.15 bits per heavy atom. The van der Waals surface area contributed by atoms with Crippen molar-refractivity contribution in [2.45, 2.75) is 53.4 Å². The minimum Gasteiger partial charge on any atom is -0.366 e.